The summed E-state index contributed by atoms with van der Waals surface area (Å²) in [6.07, 6.45) is 4.09. The fourth-order valence-electron chi connectivity index (χ4n) is 2.16. The van der Waals surface area contributed by atoms with Crippen molar-refractivity contribution in [2.24, 2.45) is 11.7 Å². The van der Waals surface area contributed by atoms with Crippen molar-refractivity contribution >= 4 is 5.91 Å². The predicted molar refractivity (Wildman–Crippen MR) is 70.7 cm³/mol. The van der Waals surface area contributed by atoms with Gasteiger partial charge in [0.05, 0.1) is 0 Å². The lowest BCUT2D eigenvalue weighted by atomic mass is 10.1. The summed E-state index contributed by atoms with van der Waals surface area (Å²) in [4.78, 5) is 14.1. The zero-order chi connectivity index (χ0) is 12.7. The van der Waals surface area contributed by atoms with Crippen molar-refractivity contribution in [2.75, 3.05) is 26.2 Å². The highest BCUT2D eigenvalue weighted by atomic mass is 16.1. The maximum atomic E-state index is 11.6. The van der Waals surface area contributed by atoms with Crippen LogP contribution in [0.15, 0.2) is 0 Å². The van der Waals surface area contributed by atoms with E-state index in [1.165, 1.54) is 25.9 Å². The number of carbonyl (C=O) groups is 1. The van der Waals surface area contributed by atoms with Gasteiger partial charge in [-0.3, -0.25) is 9.69 Å². The van der Waals surface area contributed by atoms with Gasteiger partial charge in [-0.1, -0.05) is 6.92 Å². The molecule has 2 atom stereocenters. The van der Waals surface area contributed by atoms with Gasteiger partial charge < -0.3 is 11.1 Å². The Kier molecular flexibility index (Phi) is 6.52. The van der Waals surface area contributed by atoms with E-state index in [1.54, 1.807) is 0 Å². The first-order chi connectivity index (χ1) is 8.13. The molecule has 1 fully saturated rings. The fourth-order valence-corrected chi connectivity index (χ4v) is 2.16. The van der Waals surface area contributed by atoms with Gasteiger partial charge in [0.15, 0.2) is 0 Å². The van der Waals surface area contributed by atoms with E-state index in [-0.39, 0.29) is 5.91 Å². The van der Waals surface area contributed by atoms with E-state index in [9.17, 15) is 4.79 Å². The van der Waals surface area contributed by atoms with Crippen LogP contribution in [-0.2, 0) is 4.79 Å². The maximum absolute atomic E-state index is 11.6. The van der Waals surface area contributed by atoms with Gasteiger partial charge in [0.1, 0.15) is 0 Å². The molecule has 3 N–H and O–H groups in total. The van der Waals surface area contributed by atoms with Gasteiger partial charge in [0.25, 0.3) is 0 Å². The zero-order valence-corrected chi connectivity index (χ0v) is 11.2. The molecule has 4 nitrogen and oxygen atoms in total. The molecule has 2 unspecified atom stereocenters. The molecule has 1 heterocycles. The molecule has 1 aliphatic heterocycles. The number of amides is 1. The molecule has 0 spiro atoms. The molecule has 0 aromatic heterocycles. The van der Waals surface area contributed by atoms with Crippen LogP contribution in [0.4, 0.5) is 0 Å². The first-order valence-electron chi connectivity index (χ1n) is 6.84. The summed E-state index contributed by atoms with van der Waals surface area (Å²) in [5.74, 6) is 0.605. The Bertz CT molecular complexity index is 227. The quantitative estimate of drug-likeness (QED) is 0.698. The molecule has 17 heavy (non-hydrogen) atoms. The lowest BCUT2D eigenvalue weighted by Gasteiger charge is -2.23. The number of hydrogen-bond acceptors (Lipinski definition) is 3. The summed E-state index contributed by atoms with van der Waals surface area (Å²) < 4.78 is 0. The zero-order valence-electron chi connectivity index (χ0n) is 11.2. The number of hydrogen-bond donors (Lipinski definition) is 2. The molecule has 1 amide bonds. The largest absolute Gasteiger partial charge is 0.355 e. The molecule has 0 aromatic carbocycles. The number of nitrogens with zero attached hydrogens (tertiary/aromatic N) is 1. The van der Waals surface area contributed by atoms with E-state index < -0.39 is 0 Å². The minimum Gasteiger partial charge on any atom is -0.355 e. The predicted octanol–water partition coefficient (Wildman–Crippen LogP) is 0.962. The summed E-state index contributed by atoms with van der Waals surface area (Å²) in [6, 6.07) is 0.466. The topological polar surface area (TPSA) is 58.4 Å². The Labute approximate surface area is 105 Å². The number of nitrogens with two attached hydrogens (primary N) is 1. The van der Waals surface area contributed by atoms with E-state index in [0.29, 0.717) is 24.9 Å². The first kappa shape index (κ1) is 14.5. The third kappa shape index (κ3) is 5.50. The van der Waals surface area contributed by atoms with Gasteiger partial charge >= 0.3 is 0 Å². The molecule has 1 aliphatic rings. The van der Waals surface area contributed by atoms with Crippen LogP contribution in [0.2, 0.25) is 0 Å². The van der Waals surface area contributed by atoms with E-state index in [1.807, 2.05) is 0 Å². The van der Waals surface area contributed by atoms with E-state index >= 15 is 0 Å². The molecule has 1 rings (SSSR count). The number of carbonyl (C=O) groups excluding carboxylic acids is 1. The summed E-state index contributed by atoms with van der Waals surface area (Å²) in [5.41, 5.74) is 5.52. The third-order valence-electron chi connectivity index (χ3n) is 3.63. The van der Waals surface area contributed by atoms with Crippen LogP contribution in [0.25, 0.3) is 0 Å². The van der Waals surface area contributed by atoms with Crippen LogP contribution < -0.4 is 11.1 Å². The molecule has 0 bridgehead atoms. The highest BCUT2D eigenvalue weighted by Crippen LogP contribution is 2.10. The fraction of sp³-hybridized carbons (Fsp3) is 0.923. The van der Waals surface area contributed by atoms with Crippen LogP contribution in [-0.4, -0.2) is 43.0 Å². The Hall–Kier alpha value is -0.610. The van der Waals surface area contributed by atoms with Crippen molar-refractivity contribution in [3.8, 4) is 0 Å². The molecular formula is C13H27N3O. The van der Waals surface area contributed by atoms with Crippen molar-refractivity contribution in [3.63, 3.8) is 0 Å². The molecule has 0 aliphatic carbocycles. The molecule has 0 aromatic rings. The SMILES string of the molecule is CC(CN)CCC(=O)NCC(C)N1CCCC1. The average molecular weight is 241 g/mol. The molecule has 4 heteroatoms. The maximum Gasteiger partial charge on any atom is 0.220 e. The Morgan fingerprint density at radius 1 is 1.35 bits per heavy atom. The minimum atomic E-state index is 0.163. The highest BCUT2D eigenvalue weighted by Gasteiger charge is 2.18. The molecule has 0 radical (unpaired) electrons. The van der Waals surface area contributed by atoms with Gasteiger partial charge in [-0.2, -0.15) is 0 Å². The van der Waals surface area contributed by atoms with Crippen LogP contribution in [0.3, 0.4) is 0 Å². The smallest absolute Gasteiger partial charge is 0.220 e. The second-order valence-electron chi connectivity index (χ2n) is 5.28. The number of nitrogens with one attached hydrogen (secondary N) is 1. The lowest BCUT2D eigenvalue weighted by Crippen LogP contribution is -2.40. The second-order valence-corrected chi connectivity index (χ2v) is 5.28. The summed E-state index contributed by atoms with van der Waals surface area (Å²) >= 11 is 0. The van der Waals surface area contributed by atoms with Gasteiger partial charge in [-0.25, -0.2) is 0 Å². The average Bonchev–Trinajstić information content (AvgIpc) is 2.86. The minimum absolute atomic E-state index is 0.163. The van der Waals surface area contributed by atoms with E-state index in [2.05, 4.69) is 24.1 Å². The Balaban J connectivity index is 2.10. The molecule has 100 valence electrons. The second kappa shape index (κ2) is 7.67. The van der Waals surface area contributed by atoms with Gasteiger partial charge in [-0.15, -0.1) is 0 Å². The van der Waals surface area contributed by atoms with Crippen LogP contribution in [0, 0.1) is 5.92 Å². The van der Waals surface area contributed by atoms with E-state index in [0.717, 1.165) is 13.0 Å². The van der Waals surface area contributed by atoms with Crippen molar-refractivity contribution in [1.82, 2.24) is 10.2 Å². The first-order valence-corrected chi connectivity index (χ1v) is 6.84. The standard InChI is InChI=1S/C13H27N3O/c1-11(9-14)5-6-13(17)15-10-12(2)16-7-3-4-8-16/h11-12H,3-10,14H2,1-2H3,(H,15,17). The van der Waals surface area contributed by atoms with Crippen LogP contribution in [0.1, 0.15) is 39.5 Å². The number of likely N-dealkylation sites (tertiary alicyclic amines) is 1. The highest BCUT2D eigenvalue weighted by molar-refractivity contribution is 5.75. The van der Waals surface area contributed by atoms with Crippen molar-refractivity contribution < 1.29 is 4.79 Å². The van der Waals surface area contributed by atoms with Crippen LogP contribution in [0.5, 0.6) is 0 Å². The third-order valence-corrected chi connectivity index (χ3v) is 3.63. The van der Waals surface area contributed by atoms with Crippen molar-refractivity contribution in [1.29, 1.82) is 0 Å². The summed E-state index contributed by atoms with van der Waals surface area (Å²) in [6.45, 7) is 8.07. The number of rotatable bonds is 7. The van der Waals surface area contributed by atoms with E-state index in [4.69, 9.17) is 5.73 Å². The van der Waals surface area contributed by atoms with Crippen molar-refractivity contribution in [3.05, 3.63) is 0 Å². The molecule has 1 saturated heterocycles. The molecular weight excluding hydrogens is 214 g/mol. The van der Waals surface area contributed by atoms with Gasteiger partial charge in [0, 0.05) is 19.0 Å². The lowest BCUT2D eigenvalue weighted by molar-refractivity contribution is -0.121. The summed E-state index contributed by atoms with van der Waals surface area (Å²) in [7, 11) is 0. The molecule has 0 saturated carbocycles. The normalized spacial score (nSPS) is 20.2. The Morgan fingerprint density at radius 3 is 2.59 bits per heavy atom. The summed E-state index contributed by atoms with van der Waals surface area (Å²) in [5, 5.41) is 3.02. The monoisotopic (exact) mass is 241 g/mol. The Morgan fingerprint density at radius 2 is 2.00 bits per heavy atom. The van der Waals surface area contributed by atoms with Crippen LogP contribution >= 0.6 is 0 Å². The van der Waals surface area contributed by atoms with Crippen molar-refractivity contribution in [2.45, 2.75) is 45.6 Å². The van der Waals surface area contributed by atoms with Gasteiger partial charge in [0.2, 0.25) is 5.91 Å². The van der Waals surface area contributed by atoms with Gasteiger partial charge in [-0.05, 0) is 51.7 Å².